The van der Waals surface area contributed by atoms with Gasteiger partial charge in [-0.2, -0.15) is 0 Å². The van der Waals surface area contributed by atoms with E-state index in [9.17, 15) is 9.59 Å². The summed E-state index contributed by atoms with van der Waals surface area (Å²) >= 11 is 7.96. The van der Waals surface area contributed by atoms with Crippen LogP contribution in [0.3, 0.4) is 0 Å². The maximum absolute atomic E-state index is 12.7. The van der Waals surface area contributed by atoms with Crippen LogP contribution < -0.4 is 14.8 Å². The second-order valence-corrected chi connectivity index (χ2v) is 8.51. The molecule has 2 aliphatic heterocycles. The Morgan fingerprint density at radius 3 is 3.04 bits per heavy atom. The molecule has 2 aliphatic rings. The third kappa shape index (κ3) is 4.18. The van der Waals surface area contributed by atoms with Crippen molar-refractivity contribution in [2.45, 2.75) is 12.8 Å². The van der Waals surface area contributed by atoms with Crippen molar-refractivity contribution in [1.29, 1.82) is 0 Å². The number of thiocarbonyl (C=S) groups is 1. The van der Waals surface area contributed by atoms with E-state index in [1.54, 1.807) is 17.7 Å². The number of anilines is 1. The van der Waals surface area contributed by atoms with Gasteiger partial charge in [-0.05, 0) is 30.2 Å². The van der Waals surface area contributed by atoms with Crippen LogP contribution in [0.4, 0.5) is 5.13 Å². The van der Waals surface area contributed by atoms with E-state index < -0.39 is 0 Å². The number of hydrogen-bond acceptors (Lipinski definition) is 8. The lowest BCUT2D eigenvalue weighted by molar-refractivity contribution is -0.122. The van der Waals surface area contributed by atoms with Crippen molar-refractivity contribution in [1.82, 2.24) is 9.88 Å². The van der Waals surface area contributed by atoms with Crippen LogP contribution in [0.2, 0.25) is 0 Å². The number of ether oxygens (including phenoxy) is 2. The number of nitrogens with zero attached hydrogens (tertiary/aromatic N) is 2. The smallest absolute Gasteiger partial charge is 0.266 e. The molecule has 1 aromatic carbocycles. The number of carbonyl (C=O) groups is 2. The molecule has 1 saturated heterocycles. The quantitative estimate of drug-likeness (QED) is 0.552. The zero-order chi connectivity index (χ0) is 19.5. The Balaban J connectivity index is 1.34. The molecule has 10 heteroatoms. The van der Waals surface area contributed by atoms with Gasteiger partial charge < -0.3 is 14.8 Å². The number of benzene rings is 1. The molecule has 1 fully saturated rings. The van der Waals surface area contributed by atoms with E-state index in [2.05, 4.69) is 10.3 Å². The Labute approximate surface area is 174 Å². The van der Waals surface area contributed by atoms with Gasteiger partial charge in [0.15, 0.2) is 16.6 Å². The van der Waals surface area contributed by atoms with Crippen molar-refractivity contribution < 1.29 is 19.1 Å². The second-order valence-electron chi connectivity index (χ2n) is 5.94. The molecular weight excluding hydrogens is 418 g/mol. The van der Waals surface area contributed by atoms with Gasteiger partial charge in [0.1, 0.15) is 4.32 Å². The van der Waals surface area contributed by atoms with E-state index in [0.717, 1.165) is 5.56 Å². The number of aromatic nitrogens is 1. The van der Waals surface area contributed by atoms with Crippen molar-refractivity contribution in [2.75, 3.05) is 18.7 Å². The molecule has 1 N–H and O–H groups in total. The lowest BCUT2D eigenvalue weighted by atomic mass is 10.2. The minimum atomic E-state index is -0.145. The Morgan fingerprint density at radius 1 is 1.36 bits per heavy atom. The molecule has 2 amide bonds. The molecule has 4 rings (SSSR count). The number of fused-ring (bicyclic) bond motifs is 1. The van der Waals surface area contributed by atoms with Gasteiger partial charge in [-0.15, -0.1) is 11.3 Å². The Kier molecular flexibility index (Phi) is 5.60. The van der Waals surface area contributed by atoms with Gasteiger partial charge >= 0.3 is 0 Å². The SMILES string of the molecule is O=C(CCCN1C(=O)/C(=C\c2ccc3c(c2)OCO3)SC1=S)Nc1nccs1. The summed E-state index contributed by atoms with van der Waals surface area (Å²) in [6.45, 7) is 0.603. The maximum Gasteiger partial charge on any atom is 0.266 e. The van der Waals surface area contributed by atoms with Gasteiger partial charge in [-0.3, -0.25) is 14.5 Å². The highest BCUT2D eigenvalue weighted by Crippen LogP contribution is 2.36. The van der Waals surface area contributed by atoms with E-state index in [0.29, 0.717) is 38.8 Å². The highest BCUT2D eigenvalue weighted by atomic mass is 32.2. The summed E-state index contributed by atoms with van der Waals surface area (Å²) in [6, 6.07) is 5.51. The third-order valence-electron chi connectivity index (χ3n) is 4.03. The summed E-state index contributed by atoms with van der Waals surface area (Å²) < 4.78 is 11.2. The lowest BCUT2D eigenvalue weighted by Gasteiger charge is -2.13. The fourth-order valence-electron chi connectivity index (χ4n) is 2.71. The van der Waals surface area contributed by atoms with E-state index in [-0.39, 0.29) is 25.0 Å². The molecule has 0 aliphatic carbocycles. The second kappa shape index (κ2) is 8.29. The largest absolute Gasteiger partial charge is 0.454 e. The number of thiazole rings is 1. The number of nitrogens with one attached hydrogen (secondary N) is 1. The summed E-state index contributed by atoms with van der Waals surface area (Å²) in [5.74, 6) is 1.08. The number of rotatable bonds is 6. The van der Waals surface area contributed by atoms with Crippen molar-refractivity contribution in [3.05, 3.63) is 40.2 Å². The zero-order valence-electron chi connectivity index (χ0n) is 14.5. The molecular formula is C18H15N3O4S3. The van der Waals surface area contributed by atoms with Gasteiger partial charge in [-0.25, -0.2) is 4.98 Å². The molecule has 144 valence electrons. The summed E-state index contributed by atoms with van der Waals surface area (Å²) in [5.41, 5.74) is 0.840. The van der Waals surface area contributed by atoms with Crippen molar-refractivity contribution in [2.24, 2.45) is 0 Å². The molecule has 0 unspecified atom stereocenters. The highest BCUT2D eigenvalue weighted by molar-refractivity contribution is 8.26. The van der Waals surface area contributed by atoms with Crippen LogP contribution in [0.1, 0.15) is 18.4 Å². The van der Waals surface area contributed by atoms with Crippen LogP contribution in [-0.4, -0.2) is 39.4 Å². The Hall–Kier alpha value is -2.43. The maximum atomic E-state index is 12.7. The van der Waals surface area contributed by atoms with E-state index in [1.807, 2.05) is 18.2 Å². The molecule has 2 aromatic rings. The van der Waals surface area contributed by atoms with E-state index in [1.165, 1.54) is 28.0 Å². The normalized spacial score (nSPS) is 16.9. The van der Waals surface area contributed by atoms with Crippen molar-refractivity contribution in [3.8, 4) is 11.5 Å². The first-order valence-corrected chi connectivity index (χ1v) is 10.5. The van der Waals surface area contributed by atoms with Crippen LogP contribution >= 0.6 is 35.3 Å². The molecule has 28 heavy (non-hydrogen) atoms. The number of thioether (sulfide) groups is 1. The Morgan fingerprint density at radius 2 is 2.21 bits per heavy atom. The molecule has 0 saturated carbocycles. The van der Waals surface area contributed by atoms with Gasteiger partial charge in [0.25, 0.3) is 5.91 Å². The summed E-state index contributed by atoms with van der Waals surface area (Å²) in [6.07, 6.45) is 4.22. The van der Waals surface area contributed by atoms with Crippen LogP contribution in [0, 0.1) is 0 Å². The standard InChI is InChI=1S/C18H15N3O4S3/c22-15(20-17-19-5-7-27-17)2-1-6-21-16(23)14(28-18(21)26)9-11-3-4-12-13(8-11)25-10-24-12/h3-5,7-9H,1-2,6,10H2,(H,19,20,22)/b14-9+. The molecule has 3 heterocycles. The average Bonchev–Trinajstić information content (AvgIpc) is 3.39. The van der Waals surface area contributed by atoms with E-state index in [4.69, 9.17) is 21.7 Å². The molecule has 7 nitrogen and oxygen atoms in total. The molecule has 0 spiro atoms. The highest BCUT2D eigenvalue weighted by Gasteiger charge is 2.31. The third-order valence-corrected chi connectivity index (χ3v) is 6.10. The summed E-state index contributed by atoms with van der Waals surface area (Å²) in [4.78, 5) is 30.7. The first-order valence-electron chi connectivity index (χ1n) is 8.44. The van der Waals surface area contributed by atoms with Crippen LogP contribution in [0.15, 0.2) is 34.7 Å². The number of hydrogen-bond donors (Lipinski definition) is 1. The zero-order valence-corrected chi connectivity index (χ0v) is 17.0. The minimum absolute atomic E-state index is 0.128. The average molecular weight is 434 g/mol. The minimum Gasteiger partial charge on any atom is -0.454 e. The molecule has 0 atom stereocenters. The summed E-state index contributed by atoms with van der Waals surface area (Å²) in [7, 11) is 0. The topological polar surface area (TPSA) is 80.8 Å². The van der Waals surface area contributed by atoms with E-state index >= 15 is 0 Å². The first-order chi connectivity index (χ1) is 13.6. The van der Waals surface area contributed by atoms with Crippen molar-refractivity contribution >= 4 is 62.7 Å². The molecule has 0 radical (unpaired) electrons. The van der Waals surface area contributed by atoms with Crippen LogP contribution in [0.25, 0.3) is 6.08 Å². The molecule has 1 aromatic heterocycles. The predicted octanol–water partition coefficient (Wildman–Crippen LogP) is 3.49. The molecule has 0 bridgehead atoms. The lowest BCUT2D eigenvalue weighted by Crippen LogP contribution is -2.29. The fourth-order valence-corrected chi connectivity index (χ4v) is 4.57. The van der Waals surface area contributed by atoms with Gasteiger partial charge in [0.05, 0.1) is 4.91 Å². The van der Waals surface area contributed by atoms with Gasteiger partial charge in [0.2, 0.25) is 12.7 Å². The Bertz CT molecular complexity index is 959. The van der Waals surface area contributed by atoms with Crippen molar-refractivity contribution in [3.63, 3.8) is 0 Å². The fraction of sp³-hybridized carbons (Fsp3) is 0.222. The number of carbonyl (C=O) groups excluding carboxylic acids is 2. The van der Waals surface area contributed by atoms with Crippen LogP contribution in [0.5, 0.6) is 11.5 Å². The van der Waals surface area contributed by atoms with Gasteiger partial charge in [0, 0.05) is 24.5 Å². The van der Waals surface area contributed by atoms with Gasteiger partial charge in [-0.1, -0.05) is 30.0 Å². The first kappa shape index (κ1) is 18.9. The predicted molar refractivity (Wildman–Crippen MR) is 112 cm³/mol. The summed E-state index contributed by atoms with van der Waals surface area (Å²) in [5, 5.41) is 5.09. The monoisotopic (exact) mass is 433 g/mol. The van der Waals surface area contributed by atoms with Crippen LogP contribution in [-0.2, 0) is 9.59 Å². The number of amides is 2.